The maximum absolute atomic E-state index is 10.3. The first-order chi connectivity index (χ1) is 6.29. The Morgan fingerprint density at radius 1 is 1.23 bits per heavy atom. The SMILES string of the molecule is OC1(CCC2CC2)CCCNCC1. The Morgan fingerprint density at radius 3 is 2.85 bits per heavy atom. The van der Waals surface area contributed by atoms with Crippen LogP contribution < -0.4 is 5.32 Å². The van der Waals surface area contributed by atoms with Crippen LogP contribution in [0.2, 0.25) is 0 Å². The molecule has 0 aromatic heterocycles. The molecular weight excluding hydrogens is 162 g/mol. The fraction of sp³-hybridized carbons (Fsp3) is 1.00. The van der Waals surface area contributed by atoms with Gasteiger partial charge in [-0.3, -0.25) is 0 Å². The lowest BCUT2D eigenvalue weighted by molar-refractivity contribution is 0.0163. The van der Waals surface area contributed by atoms with Gasteiger partial charge >= 0.3 is 0 Å². The number of aliphatic hydroxyl groups is 1. The van der Waals surface area contributed by atoms with Crippen molar-refractivity contribution in [1.29, 1.82) is 0 Å². The Kier molecular flexibility index (Phi) is 2.89. The number of nitrogens with one attached hydrogen (secondary N) is 1. The van der Waals surface area contributed by atoms with Crippen molar-refractivity contribution in [1.82, 2.24) is 5.32 Å². The molecule has 2 aliphatic rings. The van der Waals surface area contributed by atoms with Gasteiger partial charge in [-0.2, -0.15) is 0 Å². The maximum atomic E-state index is 10.3. The molecule has 13 heavy (non-hydrogen) atoms. The Morgan fingerprint density at radius 2 is 2.08 bits per heavy atom. The minimum atomic E-state index is -0.327. The Labute approximate surface area is 80.7 Å². The largest absolute Gasteiger partial charge is 0.390 e. The summed E-state index contributed by atoms with van der Waals surface area (Å²) in [5, 5.41) is 13.6. The molecule has 0 bridgehead atoms. The van der Waals surface area contributed by atoms with Crippen LogP contribution in [0.4, 0.5) is 0 Å². The summed E-state index contributed by atoms with van der Waals surface area (Å²) in [6, 6.07) is 0. The van der Waals surface area contributed by atoms with Gasteiger partial charge in [0, 0.05) is 0 Å². The van der Waals surface area contributed by atoms with Crippen LogP contribution in [0, 0.1) is 5.92 Å². The van der Waals surface area contributed by atoms with E-state index in [0.29, 0.717) is 0 Å². The van der Waals surface area contributed by atoms with Crippen LogP contribution in [-0.4, -0.2) is 23.8 Å². The molecule has 0 aromatic rings. The number of rotatable bonds is 3. The molecule has 1 saturated carbocycles. The van der Waals surface area contributed by atoms with Gasteiger partial charge in [0.25, 0.3) is 0 Å². The lowest BCUT2D eigenvalue weighted by atomic mass is 9.89. The molecule has 2 fully saturated rings. The van der Waals surface area contributed by atoms with E-state index in [4.69, 9.17) is 0 Å². The summed E-state index contributed by atoms with van der Waals surface area (Å²) >= 11 is 0. The molecule has 1 unspecified atom stereocenters. The first kappa shape index (κ1) is 9.47. The van der Waals surface area contributed by atoms with E-state index in [1.165, 1.54) is 19.3 Å². The van der Waals surface area contributed by atoms with Crippen LogP contribution in [0.25, 0.3) is 0 Å². The van der Waals surface area contributed by atoms with Gasteiger partial charge in [0.2, 0.25) is 0 Å². The molecule has 0 radical (unpaired) electrons. The highest BCUT2D eigenvalue weighted by Gasteiger charge is 2.30. The van der Waals surface area contributed by atoms with E-state index in [1.807, 2.05) is 0 Å². The standard InChI is InChI=1S/C11H21NO/c13-11(6-4-10-2-3-10)5-1-8-12-9-7-11/h10,12-13H,1-9H2. The summed E-state index contributed by atoms with van der Waals surface area (Å²) in [5.41, 5.74) is -0.327. The Hall–Kier alpha value is -0.0800. The number of hydrogen-bond donors (Lipinski definition) is 2. The molecule has 1 atom stereocenters. The molecule has 1 aliphatic heterocycles. The average molecular weight is 183 g/mol. The third-order valence-corrected chi connectivity index (χ3v) is 3.48. The molecule has 0 aromatic carbocycles. The normalized spacial score (nSPS) is 35.8. The van der Waals surface area contributed by atoms with Crippen molar-refractivity contribution in [2.75, 3.05) is 13.1 Å². The topological polar surface area (TPSA) is 32.3 Å². The summed E-state index contributed by atoms with van der Waals surface area (Å²) in [4.78, 5) is 0. The third kappa shape index (κ3) is 2.96. The lowest BCUT2D eigenvalue weighted by Crippen LogP contribution is -2.29. The van der Waals surface area contributed by atoms with Gasteiger partial charge in [0.15, 0.2) is 0 Å². The van der Waals surface area contributed by atoms with Crippen molar-refractivity contribution >= 4 is 0 Å². The summed E-state index contributed by atoms with van der Waals surface area (Å²) in [5.74, 6) is 0.959. The maximum Gasteiger partial charge on any atom is 0.0660 e. The van der Waals surface area contributed by atoms with E-state index in [0.717, 1.165) is 44.7 Å². The van der Waals surface area contributed by atoms with Gasteiger partial charge in [-0.25, -0.2) is 0 Å². The van der Waals surface area contributed by atoms with Crippen molar-refractivity contribution < 1.29 is 5.11 Å². The second kappa shape index (κ2) is 3.97. The van der Waals surface area contributed by atoms with Gasteiger partial charge in [0.05, 0.1) is 5.60 Å². The van der Waals surface area contributed by atoms with Gasteiger partial charge < -0.3 is 10.4 Å². The highest BCUT2D eigenvalue weighted by atomic mass is 16.3. The molecule has 1 heterocycles. The molecule has 2 heteroatoms. The predicted molar refractivity (Wildman–Crippen MR) is 53.6 cm³/mol. The molecule has 2 rings (SSSR count). The summed E-state index contributed by atoms with van der Waals surface area (Å²) < 4.78 is 0. The van der Waals surface area contributed by atoms with E-state index < -0.39 is 0 Å². The van der Waals surface area contributed by atoms with Crippen LogP contribution in [0.15, 0.2) is 0 Å². The van der Waals surface area contributed by atoms with E-state index >= 15 is 0 Å². The van der Waals surface area contributed by atoms with Gasteiger partial charge in [-0.05, 0) is 51.1 Å². The first-order valence-corrected chi connectivity index (χ1v) is 5.72. The van der Waals surface area contributed by atoms with Crippen molar-refractivity contribution in [2.45, 2.75) is 50.5 Å². The predicted octanol–water partition coefficient (Wildman–Crippen LogP) is 1.68. The summed E-state index contributed by atoms with van der Waals surface area (Å²) in [7, 11) is 0. The lowest BCUT2D eigenvalue weighted by Gasteiger charge is -2.26. The van der Waals surface area contributed by atoms with Crippen LogP contribution >= 0.6 is 0 Å². The summed E-state index contributed by atoms with van der Waals surface area (Å²) in [6.07, 6.45) is 8.23. The minimum absolute atomic E-state index is 0.327. The van der Waals surface area contributed by atoms with Crippen LogP contribution in [-0.2, 0) is 0 Å². The zero-order valence-corrected chi connectivity index (χ0v) is 8.39. The molecule has 2 nitrogen and oxygen atoms in total. The second-order valence-corrected chi connectivity index (χ2v) is 4.81. The summed E-state index contributed by atoms with van der Waals surface area (Å²) in [6.45, 7) is 2.09. The molecule has 1 saturated heterocycles. The Balaban J connectivity index is 1.76. The van der Waals surface area contributed by atoms with Gasteiger partial charge in [0.1, 0.15) is 0 Å². The molecule has 1 aliphatic carbocycles. The highest BCUT2D eigenvalue weighted by molar-refractivity contribution is 4.85. The van der Waals surface area contributed by atoms with Crippen molar-refractivity contribution in [3.8, 4) is 0 Å². The van der Waals surface area contributed by atoms with E-state index in [9.17, 15) is 5.11 Å². The van der Waals surface area contributed by atoms with Crippen LogP contribution in [0.3, 0.4) is 0 Å². The number of hydrogen-bond acceptors (Lipinski definition) is 2. The third-order valence-electron chi connectivity index (χ3n) is 3.48. The van der Waals surface area contributed by atoms with Gasteiger partial charge in [-0.15, -0.1) is 0 Å². The van der Waals surface area contributed by atoms with Crippen molar-refractivity contribution in [3.63, 3.8) is 0 Å². The van der Waals surface area contributed by atoms with E-state index in [-0.39, 0.29) is 5.60 Å². The molecule has 0 amide bonds. The van der Waals surface area contributed by atoms with Crippen molar-refractivity contribution in [2.24, 2.45) is 5.92 Å². The molecule has 0 spiro atoms. The zero-order valence-electron chi connectivity index (χ0n) is 8.39. The Bertz CT molecular complexity index is 157. The van der Waals surface area contributed by atoms with E-state index in [1.54, 1.807) is 0 Å². The van der Waals surface area contributed by atoms with Gasteiger partial charge in [-0.1, -0.05) is 12.8 Å². The first-order valence-electron chi connectivity index (χ1n) is 5.72. The zero-order chi connectivity index (χ0) is 9.15. The fourth-order valence-electron chi connectivity index (χ4n) is 2.24. The second-order valence-electron chi connectivity index (χ2n) is 4.81. The van der Waals surface area contributed by atoms with Crippen molar-refractivity contribution in [3.05, 3.63) is 0 Å². The molecular formula is C11H21NO. The minimum Gasteiger partial charge on any atom is -0.390 e. The quantitative estimate of drug-likeness (QED) is 0.697. The monoisotopic (exact) mass is 183 g/mol. The molecule has 2 N–H and O–H groups in total. The molecule has 76 valence electrons. The fourth-order valence-corrected chi connectivity index (χ4v) is 2.24. The van der Waals surface area contributed by atoms with Crippen LogP contribution in [0.1, 0.15) is 44.9 Å². The van der Waals surface area contributed by atoms with E-state index in [2.05, 4.69) is 5.32 Å². The highest BCUT2D eigenvalue weighted by Crippen LogP contribution is 2.37. The average Bonchev–Trinajstić information content (AvgIpc) is 2.89. The van der Waals surface area contributed by atoms with Crippen LogP contribution in [0.5, 0.6) is 0 Å². The smallest absolute Gasteiger partial charge is 0.0660 e.